The fourth-order valence-corrected chi connectivity index (χ4v) is 2.74. The highest BCUT2D eigenvalue weighted by atomic mass is 16.5. The van der Waals surface area contributed by atoms with Crippen LogP contribution >= 0.6 is 0 Å². The third-order valence-corrected chi connectivity index (χ3v) is 3.69. The van der Waals surface area contributed by atoms with E-state index in [9.17, 15) is 5.26 Å². The fourth-order valence-electron chi connectivity index (χ4n) is 2.74. The molecule has 0 aliphatic heterocycles. The highest BCUT2D eigenvalue weighted by Gasteiger charge is 2.27. The van der Waals surface area contributed by atoms with Crippen molar-refractivity contribution in [3.8, 4) is 18.0 Å². The zero-order valence-electron chi connectivity index (χ0n) is 14.9. The molecule has 6 nitrogen and oxygen atoms in total. The molecule has 0 N–H and O–H groups in total. The molecule has 1 atom stereocenters. The van der Waals surface area contributed by atoms with E-state index in [2.05, 4.69) is 21.0 Å². The van der Waals surface area contributed by atoms with Gasteiger partial charge in [-0.15, -0.1) is 0 Å². The Kier molecular flexibility index (Phi) is 5.35. The minimum Gasteiger partial charge on any atom is -0.481 e. The molecule has 0 saturated carbocycles. The number of methoxy groups -OCH3 is 2. The van der Waals surface area contributed by atoms with Crippen molar-refractivity contribution >= 4 is 0 Å². The van der Waals surface area contributed by atoms with Gasteiger partial charge in [-0.05, 0) is 37.5 Å². The van der Waals surface area contributed by atoms with Gasteiger partial charge in [-0.1, -0.05) is 13.8 Å². The van der Waals surface area contributed by atoms with Crippen molar-refractivity contribution in [1.29, 1.82) is 5.26 Å². The van der Waals surface area contributed by atoms with Crippen molar-refractivity contribution in [2.75, 3.05) is 14.2 Å². The van der Waals surface area contributed by atoms with E-state index in [1.165, 1.54) is 7.11 Å². The summed E-state index contributed by atoms with van der Waals surface area (Å²) in [6.45, 7) is 7.92. The highest BCUT2D eigenvalue weighted by Crippen LogP contribution is 2.35. The molecule has 0 fully saturated rings. The van der Waals surface area contributed by atoms with Gasteiger partial charge in [0, 0.05) is 11.3 Å². The number of nitriles is 1. The van der Waals surface area contributed by atoms with Crippen LogP contribution in [0.1, 0.15) is 53.9 Å². The Labute approximate surface area is 142 Å². The molecule has 0 aliphatic carbocycles. The third kappa shape index (κ3) is 3.46. The maximum absolute atomic E-state index is 9.82. The molecule has 6 heteroatoms. The summed E-state index contributed by atoms with van der Waals surface area (Å²) in [6.07, 6.45) is 0. The fraction of sp³-hybridized carbons (Fsp3) is 0.444. The van der Waals surface area contributed by atoms with Crippen LogP contribution in [0.3, 0.4) is 0 Å². The number of ether oxygens (including phenoxy) is 2. The molecule has 0 bridgehead atoms. The highest BCUT2D eigenvalue weighted by molar-refractivity contribution is 5.44. The first-order chi connectivity index (χ1) is 11.4. The predicted octanol–water partition coefficient (Wildman–Crippen LogP) is 3.28. The second-order valence-electron chi connectivity index (χ2n) is 5.95. The van der Waals surface area contributed by atoms with E-state index in [0.717, 1.165) is 16.8 Å². The largest absolute Gasteiger partial charge is 0.481 e. The summed E-state index contributed by atoms with van der Waals surface area (Å²) in [7, 11) is 3.04. The Morgan fingerprint density at radius 1 is 1.04 bits per heavy atom. The van der Waals surface area contributed by atoms with E-state index in [1.54, 1.807) is 7.11 Å². The van der Waals surface area contributed by atoms with E-state index in [1.807, 2.05) is 39.8 Å². The van der Waals surface area contributed by atoms with Gasteiger partial charge >= 0.3 is 6.01 Å². The van der Waals surface area contributed by atoms with Crippen molar-refractivity contribution in [2.45, 2.75) is 39.5 Å². The van der Waals surface area contributed by atoms with Crippen LogP contribution in [0.5, 0.6) is 11.9 Å². The molecule has 24 heavy (non-hydrogen) atoms. The molecule has 126 valence electrons. The van der Waals surface area contributed by atoms with Gasteiger partial charge in [-0.2, -0.15) is 15.2 Å². The van der Waals surface area contributed by atoms with Crippen LogP contribution in [0.2, 0.25) is 0 Å². The Bertz CT molecular complexity index is 761. The molecule has 2 aromatic rings. The monoisotopic (exact) mass is 326 g/mol. The molecule has 0 aromatic carbocycles. The molecule has 0 spiro atoms. The van der Waals surface area contributed by atoms with Crippen LogP contribution in [0, 0.1) is 25.2 Å². The van der Waals surface area contributed by atoms with Gasteiger partial charge in [0.05, 0.1) is 31.7 Å². The van der Waals surface area contributed by atoms with Gasteiger partial charge in [0.25, 0.3) is 0 Å². The predicted molar refractivity (Wildman–Crippen MR) is 90.4 cm³/mol. The Morgan fingerprint density at radius 3 is 2.25 bits per heavy atom. The van der Waals surface area contributed by atoms with Crippen LogP contribution in [-0.4, -0.2) is 29.2 Å². The molecule has 0 aliphatic rings. The van der Waals surface area contributed by atoms with Gasteiger partial charge in [-0.3, -0.25) is 4.98 Å². The summed E-state index contributed by atoms with van der Waals surface area (Å²) in [6, 6.07) is 6.38. The zero-order chi connectivity index (χ0) is 17.9. The Morgan fingerprint density at radius 2 is 1.75 bits per heavy atom. The van der Waals surface area contributed by atoms with Gasteiger partial charge in [0.2, 0.25) is 5.88 Å². The summed E-state index contributed by atoms with van der Waals surface area (Å²) < 4.78 is 10.6. The lowest BCUT2D eigenvalue weighted by Gasteiger charge is -2.19. The van der Waals surface area contributed by atoms with Crippen molar-refractivity contribution < 1.29 is 9.47 Å². The lowest BCUT2D eigenvalue weighted by atomic mass is 9.92. The van der Waals surface area contributed by atoms with Gasteiger partial charge in [-0.25, -0.2) is 0 Å². The van der Waals surface area contributed by atoms with Crippen molar-refractivity contribution in [2.24, 2.45) is 0 Å². The Hall–Kier alpha value is -2.68. The summed E-state index contributed by atoms with van der Waals surface area (Å²) >= 11 is 0. The number of hydrogen-bond donors (Lipinski definition) is 0. The van der Waals surface area contributed by atoms with E-state index < -0.39 is 5.92 Å². The number of hydrogen-bond acceptors (Lipinski definition) is 6. The number of aromatic nitrogens is 3. The third-order valence-electron chi connectivity index (χ3n) is 3.69. The molecule has 0 amide bonds. The first kappa shape index (κ1) is 17.7. The van der Waals surface area contributed by atoms with E-state index in [0.29, 0.717) is 17.3 Å². The maximum Gasteiger partial charge on any atom is 0.319 e. The number of nitrogens with zero attached hydrogens (tertiary/aromatic N) is 4. The van der Waals surface area contributed by atoms with Crippen LogP contribution in [0.15, 0.2) is 12.1 Å². The Balaban J connectivity index is 2.73. The second kappa shape index (κ2) is 7.26. The lowest BCUT2D eigenvalue weighted by Crippen LogP contribution is -2.13. The summed E-state index contributed by atoms with van der Waals surface area (Å²) in [5.74, 6) is -0.106. The summed E-state index contributed by atoms with van der Waals surface area (Å²) in [4.78, 5) is 13.2. The van der Waals surface area contributed by atoms with E-state index >= 15 is 0 Å². The molecule has 1 unspecified atom stereocenters. The number of pyridine rings is 1. The first-order valence-electron chi connectivity index (χ1n) is 7.75. The zero-order valence-corrected chi connectivity index (χ0v) is 14.9. The standard InChI is InChI=1S/C18H22N4O2/c1-10(2)15-16(21-18(24-6)22-17(15)23-5)13(9-19)14-8-11(3)7-12(4)20-14/h7-8,10,13H,1-6H3. The average Bonchev–Trinajstić information content (AvgIpc) is 2.53. The molecule has 0 saturated heterocycles. The average molecular weight is 326 g/mol. The molecular formula is C18H22N4O2. The van der Waals surface area contributed by atoms with Crippen LogP contribution in [0.25, 0.3) is 0 Å². The van der Waals surface area contributed by atoms with Crippen molar-refractivity contribution in [3.63, 3.8) is 0 Å². The van der Waals surface area contributed by atoms with E-state index in [-0.39, 0.29) is 11.9 Å². The SMILES string of the molecule is COc1nc(OC)c(C(C)C)c(C(C#N)c2cc(C)cc(C)n2)n1. The van der Waals surface area contributed by atoms with Crippen LogP contribution in [-0.2, 0) is 0 Å². The smallest absolute Gasteiger partial charge is 0.319 e. The summed E-state index contributed by atoms with van der Waals surface area (Å²) in [5.41, 5.74) is 3.96. The van der Waals surface area contributed by atoms with Gasteiger partial charge in [0.1, 0.15) is 5.92 Å². The molecule has 2 rings (SSSR count). The maximum atomic E-state index is 9.82. The van der Waals surface area contributed by atoms with Crippen molar-refractivity contribution in [1.82, 2.24) is 15.0 Å². The summed E-state index contributed by atoms with van der Waals surface area (Å²) in [5, 5.41) is 9.82. The van der Waals surface area contributed by atoms with Crippen LogP contribution in [0.4, 0.5) is 0 Å². The molecular weight excluding hydrogens is 304 g/mol. The lowest BCUT2D eigenvalue weighted by molar-refractivity contribution is 0.345. The first-order valence-corrected chi connectivity index (χ1v) is 7.75. The quantitative estimate of drug-likeness (QED) is 0.838. The van der Waals surface area contributed by atoms with Crippen molar-refractivity contribution in [3.05, 3.63) is 40.3 Å². The molecule has 0 radical (unpaired) electrons. The molecule has 2 aromatic heterocycles. The normalized spacial score (nSPS) is 11.9. The number of rotatable bonds is 5. The topological polar surface area (TPSA) is 80.9 Å². The van der Waals surface area contributed by atoms with E-state index in [4.69, 9.17) is 9.47 Å². The minimum absolute atomic E-state index is 0.0858. The van der Waals surface area contributed by atoms with Crippen LogP contribution < -0.4 is 9.47 Å². The van der Waals surface area contributed by atoms with Gasteiger partial charge < -0.3 is 9.47 Å². The van der Waals surface area contributed by atoms with Gasteiger partial charge in [0.15, 0.2) is 0 Å². The molecule has 2 heterocycles. The number of aryl methyl sites for hydroxylation is 2. The second-order valence-corrected chi connectivity index (χ2v) is 5.95. The minimum atomic E-state index is -0.619.